The molecule has 11 heteroatoms. The Kier molecular flexibility index (Phi) is 7.32. The third-order valence-corrected chi connectivity index (χ3v) is 5.34. The van der Waals surface area contributed by atoms with Gasteiger partial charge in [0, 0.05) is 26.3 Å². The monoisotopic (exact) mass is 464 g/mol. The van der Waals surface area contributed by atoms with E-state index in [0.29, 0.717) is 34.6 Å². The van der Waals surface area contributed by atoms with E-state index in [-0.39, 0.29) is 18.9 Å². The molecule has 0 radical (unpaired) electrons. The van der Waals surface area contributed by atoms with Crippen molar-refractivity contribution in [1.29, 1.82) is 0 Å². The van der Waals surface area contributed by atoms with Crippen LogP contribution in [-0.4, -0.2) is 57.4 Å². The normalized spacial score (nSPS) is 14.5. The number of carbonyl (C=O) groups excluding carboxylic acids is 1. The average molecular weight is 465 g/mol. The van der Waals surface area contributed by atoms with Gasteiger partial charge in [0.15, 0.2) is 5.82 Å². The molecule has 9 nitrogen and oxygen atoms in total. The quantitative estimate of drug-likeness (QED) is 0.381. The number of hydrazine groups is 1. The zero-order chi connectivity index (χ0) is 22.5. The molecular weight excluding hydrogens is 443 g/mol. The molecule has 1 amide bonds. The number of nitrogens with zero attached hydrogens (tertiary/aromatic N) is 5. The van der Waals surface area contributed by atoms with E-state index in [2.05, 4.69) is 10.4 Å². The van der Waals surface area contributed by atoms with Crippen molar-refractivity contribution in [1.82, 2.24) is 25.2 Å². The van der Waals surface area contributed by atoms with Crippen LogP contribution in [0.4, 0.5) is 0 Å². The third kappa shape index (κ3) is 5.43. The number of benzene rings is 1. The molecule has 0 saturated heterocycles. The number of nitrogens with one attached hydrogen (secondary N) is 1. The largest absolute Gasteiger partial charge is 0.349 e. The van der Waals surface area contributed by atoms with Crippen molar-refractivity contribution in [3.63, 3.8) is 0 Å². The van der Waals surface area contributed by atoms with Crippen molar-refractivity contribution < 1.29 is 9.72 Å². The number of hydrogen-bond acceptors (Lipinski definition) is 7. The SMILES string of the molecule is CCN(Cc1ccc(Cl)nc1)C1=C([N+](=O)[O-])CN(NC(=O)c2ccccc2Cl)CN1C. The molecule has 0 saturated carbocycles. The second-order valence-corrected chi connectivity index (χ2v) is 7.78. The Morgan fingerprint density at radius 2 is 2.03 bits per heavy atom. The minimum Gasteiger partial charge on any atom is -0.349 e. The molecule has 0 bridgehead atoms. The number of rotatable bonds is 7. The molecule has 0 aliphatic carbocycles. The highest BCUT2D eigenvalue weighted by atomic mass is 35.5. The highest BCUT2D eigenvalue weighted by Crippen LogP contribution is 2.23. The maximum atomic E-state index is 12.6. The number of halogens is 2. The fraction of sp³-hybridized carbons (Fsp3) is 0.300. The molecule has 0 unspecified atom stereocenters. The highest BCUT2D eigenvalue weighted by Gasteiger charge is 2.34. The molecule has 1 aliphatic rings. The third-order valence-electron chi connectivity index (χ3n) is 4.79. The molecule has 0 atom stereocenters. The Labute approximate surface area is 190 Å². The standard InChI is InChI=1S/C20H22Cl2N6O3/c1-3-26(11-14-8-9-18(22)23-10-14)20-17(28(30)31)12-27(13-25(20)2)24-19(29)15-6-4-5-7-16(15)21/h4-10H,3,11-13H2,1-2H3,(H,24,29). The van der Waals surface area contributed by atoms with E-state index in [9.17, 15) is 14.9 Å². The summed E-state index contributed by atoms with van der Waals surface area (Å²) in [5, 5.41) is 14.1. The van der Waals surface area contributed by atoms with Crippen LogP contribution in [0.25, 0.3) is 0 Å². The molecular formula is C20H22Cl2N6O3. The average Bonchev–Trinajstić information content (AvgIpc) is 2.73. The number of pyridine rings is 1. The second kappa shape index (κ2) is 9.95. The van der Waals surface area contributed by atoms with Gasteiger partial charge in [-0.05, 0) is 30.7 Å². The van der Waals surface area contributed by atoms with Crippen molar-refractivity contribution in [3.05, 3.63) is 85.5 Å². The van der Waals surface area contributed by atoms with Crippen molar-refractivity contribution in [2.45, 2.75) is 13.5 Å². The summed E-state index contributed by atoms with van der Waals surface area (Å²) in [5.74, 6) is 0.0652. The Morgan fingerprint density at radius 3 is 2.65 bits per heavy atom. The predicted octanol–water partition coefficient (Wildman–Crippen LogP) is 3.21. The molecule has 1 aliphatic heterocycles. The van der Waals surface area contributed by atoms with Crippen molar-refractivity contribution in [2.75, 3.05) is 26.8 Å². The first-order chi connectivity index (χ1) is 14.8. The van der Waals surface area contributed by atoms with E-state index < -0.39 is 10.8 Å². The summed E-state index contributed by atoms with van der Waals surface area (Å²) >= 11 is 11.9. The summed E-state index contributed by atoms with van der Waals surface area (Å²) < 4.78 is 0. The number of hydrogen-bond donors (Lipinski definition) is 1. The Bertz CT molecular complexity index is 999. The van der Waals surface area contributed by atoms with Gasteiger partial charge in [-0.25, -0.2) is 4.98 Å². The van der Waals surface area contributed by atoms with E-state index in [1.54, 1.807) is 48.5 Å². The maximum absolute atomic E-state index is 12.6. The number of amides is 1. The summed E-state index contributed by atoms with van der Waals surface area (Å²) in [5.41, 5.74) is 3.87. The van der Waals surface area contributed by atoms with Crippen LogP contribution in [0, 0.1) is 10.1 Å². The second-order valence-electron chi connectivity index (χ2n) is 6.99. The molecule has 31 heavy (non-hydrogen) atoms. The molecule has 1 aromatic heterocycles. The molecule has 1 aromatic carbocycles. The van der Waals surface area contributed by atoms with E-state index in [4.69, 9.17) is 23.2 Å². The van der Waals surface area contributed by atoms with Gasteiger partial charge in [-0.1, -0.05) is 41.4 Å². The number of aromatic nitrogens is 1. The Morgan fingerprint density at radius 1 is 1.29 bits per heavy atom. The van der Waals surface area contributed by atoms with Crippen LogP contribution >= 0.6 is 23.2 Å². The summed E-state index contributed by atoms with van der Waals surface area (Å²) in [6.07, 6.45) is 1.65. The minimum atomic E-state index is -0.426. The van der Waals surface area contributed by atoms with Gasteiger partial charge in [0.2, 0.25) is 0 Å². The lowest BCUT2D eigenvalue weighted by molar-refractivity contribution is -0.434. The van der Waals surface area contributed by atoms with Gasteiger partial charge in [-0.15, -0.1) is 0 Å². The smallest absolute Gasteiger partial charge is 0.302 e. The van der Waals surface area contributed by atoms with E-state index in [1.165, 1.54) is 5.01 Å². The maximum Gasteiger partial charge on any atom is 0.302 e. The lowest BCUT2D eigenvalue weighted by Gasteiger charge is -2.39. The summed E-state index contributed by atoms with van der Waals surface area (Å²) in [4.78, 5) is 31.8. The van der Waals surface area contributed by atoms with Gasteiger partial charge in [0.25, 0.3) is 5.91 Å². The molecule has 164 valence electrons. The first kappa shape index (κ1) is 22.8. The lowest BCUT2D eigenvalue weighted by Crippen LogP contribution is -2.54. The Hall–Kier alpha value is -2.88. The van der Waals surface area contributed by atoms with Gasteiger partial charge in [-0.2, -0.15) is 5.01 Å². The Balaban J connectivity index is 1.82. The van der Waals surface area contributed by atoms with E-state index in [1.807, 2.05) is 17.9 Å². The molecule has 3 rings (SSSR count). The van der Waals surface area contributed by atoms with Gasteiger partial charge in [0.05, 0.1) is 22.2 Å². The molecule has 0 spiro atoms. The topological polar surface area (TPSA) is 94.8 Å². The summed E-state index contributed by atoms with van der Waals surface area (Å²) in [6, 6.07) is 10.2. The fourth-order valence-electron chi connectivity index (χ4n) is 3.39. The summed E-state index contributed by atoms with van der Waals surface area (Å²) in [6.45, 7) is 3.11. The van der Waals surface area contributed by atoms with Crippen molar-refractivity contribution in [3.8, 4) is 0 Å². The first-order valence-electron chi connectivity index (χ1n) is 9.54. The van der Waals surface area contributed by atoms with Crippen LogP contribution in [0.2, 0.25) is 10.2 Å². The van der Waals surface area contributed by atoms with E-state index >= 15 is 0 Å². The van der Waals surface area contributed by atoms with Crippen LogP contribution in [0.15, 0.2) is 54.1 Å². The summed E-state index contributed by atoms with van der Waals surface area (Å²) in [7, 11) is 1.75. The van der Waals surface area contributed by atoms with Gasteiger partial charge in [0.1, 0.15) is 11.7 Å². The zero-order valence-electron chi connectivity index (χ0n) is 17.1. The van der Waals surface area contributed by atoms with Gasteiger partial charge < -0.3 is 9.80 Å². The van der Waals surface area contributed by atoms with E-state index in [0.717, 1.165) is 5.56 Å². The molecule has 1 N–H and O–H groups in total. The van der Waals surface area contributed by atoms with Gasteiger partial charge in [-0.3, -0.25) is 20.3 Å². The molecule has 2 heterocycles. The minimum absolute atomic E-state index is 0.0167. The van der Waals surface area contributed by atoms with Crippen molar-refractivity contribution >= 4 is 29.1 Å². The van der Waals surface area contributed by atoms with Crippen LogP contribution in [0.5, 0.6) is 0 Å². The fourth-order valence-corrected chi connectivity index (χ4v) is 3.72. The van der Waals surface area contributed by atoms with Crippen LogP contribution < -0.4 is 5.43 Å². The number of carbonyl (C=O) groups is 1. The van der Waals surface area contributed by atoms with Crippen LogP contribution in [0.3, 0.4) is 0 Å². The predicted molar refractivity (Wildman–Crippen MR) is 118 cm³/mol. The number of nitro groups is 1. The highest BCUT2D eigenvalue weighted by molar-refractivity contribution is 6.33. The van der Waals surface area contributed by atoms with Crippen molar-refractivity contribution in [2.24, 2.45) is 0 Å². The molecule has 0 fully saturated rings. The van der Waals surface area contributed by atoms with Crippen LogP contribution in [-0.2, 0) is 6.54 Å². The lowest BCUT2D eigenvalue weighted by atomic mass is 10.2. The molecule has 2 aromatic rings. The zero-order valence-corrected chi connectivity index (χ0v) is 18.6. The first-order valence-corrected chi connectivity index (χ1v) is 10.3. The van der Waals surface area contributed by atoms with Gasteiger partial charge >= 0.3 is 5.70 Å². The van der Waals surface area contributed by atoms with Crippen LogP contribution in [0.1, 0.15) is 22.8 Å².